The van der Waals surface area contributed by atoms with E-state index in [-0.39, 0.29) is 22.8 Å². The van der Waals surface area contributed by atoms with Gasteiger partial charge >= 0.3 is 0 Å². The molecule has 1 N–H and O–H groups in total. The molecule has 0 atom stereocenters. The zero-order chi connectivity index (χ0) is 21.0. The minimum absolute atomic E-state index is 0.0218. The molecule has 9 heteroatoms. The number of ether oxygens (including phenoxy) is 2. The predicted octanol–water partition coefficient (Wildman–Crippen LogP) is 3.55. The van der Waals surface area contributed by atoms with Crippen molar-refractivity contribution in [2.45, 2.75) is 13.5 Å². The number of methoxy groups -OCH3 is 1. The van der Waals surface area contributed by atoms with E-state index in [4.69, 9.17) is 9.47 Å². The molecule has 1 aromatic heterocycles. The third-order valence-corrected chi connectivity index (χ3v) is 4.54. The molecule has 1 heterocycles. The van der Waals surface area contributed by atoms with E-state index in [9.17, 15) is 12.8 Å². The SMILES string of the molecule is COc1nnc(-c2cc(OCc3cccc(C)c3)ccc2F)cc1NS(C)(=O)=O. The standard InChI is InChI=1S/C20H20FN3O4S/c1-13-5-4-6-14(9-13)12-28-15-7-8-17(21)16(10-15)18-11-19(24-29(3,25)26)20(27-2)23-22-18/h4-11H,12H2,1-3H3,(H,22,24). The summed E-state index contributed by atoms with van der Waals surface area (Å²) in [6, 6.07) is 13.5. The first-order valence-corrected chi connectivity index (χ1v) is 10.5. The molecule has 0 aliphatic rings. The summed E-state index contributed by atoms with van der Waals surface area (Å²) in [6.45, 7) is 2.31. The van der Waals surface area contributed by atoms with Crippen molar-refractivity contribution >= 4 is 15.7 Å². The summed E-state index contributed by atoms with van der Waals surface area (Å²) in [6.07, 6.45) is 0.993. The van der Waals surface area contributed by atoms with E-state index in [1.807, 2.05) is 31.2 Å². The summed E-state index contributed by atoms with van der Waals surface area (Å²) in [4.78, 5) is 0. The predicted molar refractivity (Wildman–Crippen MR) is 108 cm³/mol. The molecule has 0 aliphatic heterocycles. The molecule has 152 valence electrons. The van der Waals surface area contributed by atoms with Gasteiger partial charge < -0.3 is 9.47 Å². The molecule has 0 fully saturated rings. The van der Waals surface area contributed by atoms with Crippen LogP contribution in [0.3, 0.4) is 0 Å². The number of anilines is 1. The topological polar surface area (TPSA) is 90.4 Å². The number of nitrogens with zero attached hydrogens (tertiary/aromatic N) is 2. The van der Waals surface area contributed by atoms with Crippen LogP contribution in [0.5, 0.6) is 11.6 Å². The second-order valence-corrected chi connectivity index (χ2v) is 8.19. The fraction of sp³-hybridized carbons (Fsp3) is 0.200. The van der Waals surface area contributed by atoms with Gasteiger partial charge in [0.1, 0.15) is 23.9 Å². The lowest BCUT2D eigenvalue weighted by atomic mass is 10.1. The highest BCUT2D eigenvalue weighted by Gasteiger charge is 2.16. The molecule has 2 aromatic carbocycles. The molecule has 3 aromatic rings. The number of aromatic nitrogens is 2. The summed E-state index contributed by atoms with van der Waals surface area (Å²) >= 11 is 0. The molecule has 0 saturated carbocycles. The number of halogens is 1. The molecule has 0 saturated heterocycles. The molecule has 29 heavy (non-hydrogen) atoms. The Labute approximate surface area is 168 Å². The first-order valence-electron chi connectivity index (χ1n) is 8.63. The van der Waals surface area contributed by atoms with Gasteiger partial charge in [-0.15, -0.1) is 10.2 Å². The van der Waals surface area contributed by atoms with E-state index in [2.05, 4.69) is 14.9 Å². The van der Waals surface area contributed by atoms with E-state index >= 15 is 0 Å². The molecule has 0 bridgehead atoms. The monoisotopic (exact) mass is 417 g/mol. The zero-order valence-electron chi connectivity index (χ0n) is 16.1. The quantitative estimate of drug-likeness (QED) is 0.632. The van der Waals surface area contributed by atoms with Crippen molar-refractivity contribution in [2.75, 3.05) is 18.1 Å². The molecule has 0 spiro atoms. The lowest BCUT2D eigenvalue weighted by Crippen LogP contribution is -2.12. The van der Waals surface area contributed by atoms with Crippen LogP contribution in [0.4, 0.5) is 10.1 Å². The molecule has 0 unspecified atom stereocenters. The van der Waals surface area contributed by atoms with Crippen LogP contribution in [-0.4, -0.2) is 32.0 Å². The van der Waals surface area contributed by atoms with Crippen LogP contribution < -0.4 is 14.2 Å². The molecule has 0 radical (unpaired) electrons. The average Bonchev–Trinajstić information content (AvgIpc) is 2.66. The maximum absolute atomic E-state index is 14.4. The number of rotatable bonds is 7. The lowest BCUT2D eigenvalue weighted by Gasteiger charge is -2.12. The summed E-state index contributed by atoms with van der Waals surface area (Å²) < 4.78 is 50.6. The molecular formula is C20H20FN3O4S. The lowest BCUT2D eigenvalue weighted by molar-refractivity contribution is 0.306. The summed E-state index contributed by atoms with van der Waals surface area (Å²) in [5, 5.41) is 7.76. The normalized spacial score (nSPS) is 11.2. The van der Waals surface area contributed by atoms with Gasteiger partial charge in [0.05, 0.1) is 19.1 Å². The van der Waals surface area contributed by atoms with Gasteiger partial charge in [0.25, 0.3) is 5.88 Å². The van der Waals surface area contributed by atoms with Crippen molar-refractivity contribution in [3.8, 4) is 22.9 Å². The van der Waals surface area contributed by atoms with Gasteiger partial charge in [-0.2, -0.15) is 0 Å². The maximum Gasteiger partial charge on any atom is 0.257 e. The van der Waals surface area contributed by atoms with Gasteiger partial charge in [-0.05, 0) is 36.8 Å². The van der Waals surface area contributed by atoms with Crippen LogP contribution in [0, 0.1) is 12.7 Å². The Hall–Kier alpha value is -3.20. The van der Waals surface area contributed by atoms with E-state index in [0.29, 0.717) is 12.4 Å². The average molecular weight is 417 g/mol. The number of hydrogen-bond donors (Lipinski definition) is 1. The fourth-order valence-corrected chi connectivity index (χ4v) is 3.24. The van der Waals surface area contributed by atoms with Crippen LogP contribution in [0.2, 0.25) is 0 Å². The molecule has 0 amide bonds. The van der Waals surface area contributed by atoms with Crippen LogP contribution in [-0.2, 0) is 16.6 Å². The smallest absolute Gasteiger partial charge is 0.257 e. The third-order valence-electron chi connectivity index (χ3n) is 3.95. The van der Waals surface area contributed by atoms with Crippen LogP contribution >= 0.6 is 0 Å². The summed E-state index contributed by atoms with van der Waals surface area (Å²) in [5.41, 5.74) is 2.42. The van der Waals surface area contributed by atoms with Crippen LogP contribution in [0.15, 0.2) is 48.5 Å². The van der Waals surface area contributed by atoms with Gasteiger partial charge in [0, 0.05) is 5.56 Å². The Kier molecular flexibility index (Phi) is 5.97. The maximum atomic E-state index is 14.4. The minimum Gasteiger partial charge on any atom is -0.489 e. The Morgan fingerprint density at radius 1 is 1.10 bits per heavy atom. The van der Waals surface area contributed by atoms with Crippen molar-refractivity contribution in [1.29, 1.82) is 0 Å². The summed E-state index contributed by atoms with van der Waals surface area (Å²) in [5.74, 6) is -0.123. The van der Waals surface area contributed by atoms with Crippen molar-refractivity contribution in [2.24, 2.45) is 0 Å². The van der Waals surface area contributed by atoms with E-state index in [1.165, 1.54) is 31.4 Å². The molecule has 0 aliphatic carbocycles. The number of sulfonamides is 1. The van der Waals surface area contributed by atoms with Crippen molar-refractivity contribution in [3.05, 3.63) is 65.5 Å². The van der Waals surface area contributed by atoms with Crippen molar-refractivity contribution in [3.63, 3.8) is 0 Å². The van der Waals surface area contributed by atoms with Gasteiger partial charge in [-0.3, -0.25) is 4.72 Å². The highest BCUT2D eigenvalue weighted by atomic mass is 32.2. The van der Waals surface area contributed by atoms with E-state index in [0.717, 1.165) is 17.4 Å². The highest BCUT2D eigenvalue weighted by Crippen LogP contribution is 2.30. The zero-order valence-corrected chi connectivity index (χ0v) is 17.0. The van der Waals surface area contributed by atoms with Crippen molar-refractivity contribution in [1.82, 2.24) is 10.2 Å². The van der Waals surface area contributed by atoms with Gasteiger partial charge in [0.2, 0.25) is 10.0 Å². The minimum atomic E-state index is -3.59. The number of benzene rings is 2. The second-order valence-electron chi connectivity index (χ2n) is 6.45. The van der Waals surface area contributed by atoms with Crippen molar-refractivity contribution < 1.29 is 22.3 Å². The van der Waals surface area contributed by atoms with Gasteiger partial charge in [0.15, 0.2) is 0 Å². The molecule has 3 rings (SSSR count). The van der Waals surface area contributed by atoms with Crippen LogP contribution in [0.25, 0.3) is 11.3 Å². The van der Waals surface area contributed by atoms with E-state index in [1.54, 1.807) is 0 Å². The molecule has 7 nitrogen and oxygen atoms in total. The Morgan fingerprint density at radius 3 is 2.59 bits per heavy atom. The Bertz CT molecular complexity index is 1140. The first-order chi connectivity index (χ1) is 13.7. The summed E-state index contributed by atoms with van der Waals surface area (Å²) in [7, 11) is -2.26. The molecular weight excluding hydrogens is 397 g/mol. The number of nitrogens with one attached hydrogen (secondary N) is 1. The first kappa shape index (κ1) is 20.5. The Morgan fingerprint density at radius 2 is 1.90 bits per heavy atom. The Balaban J connectivity index is 1.90. The number of aryl methyl sites for hydroxylation is 1. The largest absolute Gasteiger partial charge is 0.489 e. The second kappa shape index (κ2) is 8.44. The highest BCUT2D eigenvalue weighted by molar-refractivity contribution is 7.92. The van der Waals surface area contributed by atoms with Gasteiger partial charge in [-0.1, -0.05) is 29.8 Å². The van der Waals surface area contributed by atoms with E-state index < -0.39 is 15.8 Å². The fourth-order valence-electron chi connectivity index (χ4n) is 2.69. The van der Waals surface area contributed by atoms with Gasteiger partial charge in [-0.25, -0.2) is 12.8 Å². The van der Waals surface area contributed by atoms with Crippen LogP contribution in [0.1, 0.15) is 11.1 Å². The number of hydrogen-bond acceptors (Lipinski definition) is 6. The third kappa shape index (κ3) is 5.41.